The maximum absolute atomic E-state index is 12.7. The van der Waals surface area contributed by atoms with Gasteiger partial charge in [0.1, 0.15) is 5.56 Å². The molecule has 21 heavy (non-hydrogen) atoms. The molecule has 0 saturated carbocycles. The average Bonchev–Trinajstić information content (AvgIpc) is 2.90. The van der Waals surface area contributed by atoms with E-state index < -0.39 is 0 Å². The van der Waals surface area contributed by atoms with E-state index >= 15 is 0 Å². The summed E-state index contributed by atoms with van der Waals surface area (Å²) in [5.74, 6) is 0.297. The summed E-state index contributed by atoms with van der Waals surface area (Å²) in [5.41, 5.74) is 0.490. The molecule has 2 heterocycles. The Balaban J connectivity index is 2.20. The van der Waals surface area contributed by atoms with Crippen LogP contribution in [0.3, 0.4) is 0 Å². The lowest BCUT2D eigenvalue weighted by atomic mass is 10.2. The Labute approximate surface area is 133 Å². The van der Waals surface area contributed by atoms with Crippen molar-refractivity contribution in [3.63, 3.8) is 0 Å². The molecule has 2 aromatic rings. The Morgan fingerprint density at radius 1 is 1.38 bits per heavy atom. The summed E-state index contributed by atoms with van der Waals surface area (Å²) in [6, 6.07) is 7.27. The van der Waals surface area contributed by atoms with E-state index in [-0.39, 0.29) is 5.91 Å². The van der Waals surface area contributed by atoms with Crippen molar-refractivity contribution in [3.8, 4) is 5.88 Å². The van der Waals surface area contributed by atoms with Crippen LogP contribution < -0.4 is 4.74 Å². The highest BCUT2D eigenvalue weighted by Gasteiger charge is 2.20. The van der Waals surface area contributed by atoms with Crippen LogP contribution in [0.25, 0.3) is 0 Å². The zero-order chi connectivity index (χ0) is 15.2. The summed E-state index contributed by atoms with van der Waals surface area (Å²) < 4.78 is 6.16. The van der Waals surface area contributed by atoms with E-state index in [1.807, 2.05) is 26.0 Å². The van der Waals surface area contributed by atoms with Gasteiger partial charge in [-0.3, -0.25) is 4.79 Å². The number of carbonyl (C=O) groups excluding carboxylic acids is 1. The molecule has 0 radical (unpaired) electrons. The van der Waals surface area contributed by atoms with E-state index in [4.69, 9.17) is 16.3 Å². The minimum absolute atomic E-state index is 0.0847. The fourth-order valence-corrected chi connectivity index (χ4v) is 3.03. The molecule has 0 fully saturated rings. The van der Waals surface area contributed by atoms with Gasteiger partial charge in [-0.05, 0) is 38.1 Å². The first kappa shape index (κ1) is 15.8. The van der Waals surface area contributed by atoms with Gasteiger partial charge in [0.2, 0.25) is 5.88 Å². The third-order valence-corrected chi connectivity index (χ3v) is 4.14. The van der Waals surface area contributed by atoms with E-state index in [0.29, 0.717) is 31.1 Å². The molecule has 0 spiro atoms. The third kappa shape index (κ3) is 3.95. The molecule has 0 aliphatic rings. The van der Waals surface area contributed by atoms with Gasteiger partial charge in [-0.25, -0.2) is 4.98 Å². The monoisotopic (exact) mass is 324 g/mol. The van der Waals surface area contributed by atoms with Crippen molar-refractivity contribution in [2.24, 2.45) is 0 Å². The van der Waals surface area contributed by atoms with Gasteiger partial charge in [0, 0.05) is 17.6 Å². The van der Waals surface area contributed by atoms with Crippen molar-refractivity contribution in [3.05, 3.63) is 45.2 Å². The van der Waals surface area contributed by atoms with Gasteiger partial charge in [0.05, 0.1) is 17.5 Å². The molecule has 0 aliphatic carbocycles. The van der Waals surface area contributed by atoms with E-state index in [1.165, 1.54) is 11.3 Å². The summed E-state index contributed by atoms with van der Waals surface area (Å²) >= 11 is 7.42. The summed E-state index contributed by atoms with van der Waals surface area (Å²) in [4.78, 5) is 19.6. The van der Waals surface area contributed by atoms with Crippen LogP contribution in [0.4, 0.5) is 0 Å². The molecule has 1 amide bonds. The topological polar surface area (TPSA) is 42.4 Å². The van der Waals surface area contributed by atoms with E-state index in [1.54, 1.807) is 23.2 Å². The van der Waals surface area contributed by atoms with Crippen LogP contribution in [0.15, 0.2) is 30.5 Å². The SMILES string of the molecule is CCOc1ncccc1C(=O)N(CC)Cc1ccc(Cl)s1. The number of aromatic nitrogens is 1. The number of pyridine rings is 1. The second kappa shape index (κ2) is 7.43. The zero-order valence-electron chi connectivity index (χ0n) is 12.0. The van der Waals surface area contributed by atoms with Crippen LogP contribution in [0.2, 0.25) is 4.34 Å². The van der Waals surface area contributed by atoms with E-state index in [0.717, 1.165) is 9.21 Å². The van der Waals surface area contributed by atoms with Crippen LogP contribution in [0.5, 0.6) is 5.88 Å². The molecule has 4 nitrogen and oxygen atoms in total. The van der Waals surface area contributed by atoms with Crippen LogP contribution in [0, 0.1) is 0 Å². The number of halogens is 1. The molecule has 2 rings (SSSR count). The highest BCUT2D eigenvalue weighted by atomic mass is 35.5. The quantitative estimate of drug-likeness (QED) is 0.810. The fraction of sp³-hybridized carbons (Fsp3) is 0.333. The minimum atomic E-state index is -0.0847. The molecule has 112 valence electrons. The van der Waals surface area contributed by atoms with E-state index in [2.05, 4.69) is 4.98 Å². The Morgan fingerprint density at radius 3 is 2.81 bits per heavy atom. The van der Waals surface area contributed by atoms with Crippen LogP contribution in [-0.4, -0.2) is 28.9 Å². The molecule has 0 unspecified atom stereocenters. The Bertz CT molecular complexity index is 615. The molecule has 0 bridgehead atoms. The van der Waals surface area contributed by atoms with Crippen LogP contribution in [-0.2, 0) is 6.54 Å². The average molecular weight is 325 g/mol. The number of carbonyl (C=O) groups is 1. The second-order valence-corrected chi connectivity index (χ2v) is 6.11. The van der Waals surface area contributed by atoms with Crippen molar-refractivity contribution >= 4 is 28.8 Å². The molecule has 0 aromatic carbocycles. The van der Waals surface area contributed by atoms with E-state index in [9.17, 15) is 4.79 Å². The molecule has 0 N–H and O–H groups in total. The van der Waals surface area contributed by atoms with Gasteiger partial charge >= 0.3 is 0 Å². The van der Waals surface area contributed by atoms with Crippen LogP contribution >= 0.6 is 22.9 Å². The maximum Gasteiger partial charge on any atom is 0.259 e. The predicted molar refractivity (Wildman–Crippen MR) is 85.1 cm³/mol. The summed E-state index contributed by atoms with van der Waals surface area (Å²) in [5, 5.41) is 0. The normalized spacial score (nSPS) is 10.4. The lowest BCUT2D eigenvalue weighted by molar-refractivity contribution is 0.0749. The third-order valence-electron chi connectivity index (χ3n) is 2.93. The molecule has 0 saturated heterocycles. The summed E-state index contributed by atoms with van der Waals surface area (Å²) in [6.45, 7) is 5.43. The van der Waals surface area contributed by atoms with Gasteiger partial charge in [0.15, 0.2) is 0 Å². The highest BCUT2D eigenvalue weighted by molar-refractivity contribution is 7.16. The van der Waals surface area contributed by atoms with Gasteiger partial charge in [-0.2, -0.15) is 0 Å². The van der Waals surface area contributed by atoms with Crippen molar-refractivity contribution in [1.82, 2.24) is 9.88 Å². The molecule has 0 atom stereocenters. The second-order valence-electron chi connectivity index (χ2n) is 4.31. The molecule has 0 aliphatic heterocycles. The predicted octanol–water partition coefficient (Wildman–Crippen LogP) is 3.86. The van der Waals surface area contributed by atoms with Crippen LogP contribution in [0.1, 0.15) is 29.1 Å². The van der Waals surface area contributed by atoms with Gasteiger partial charge in [-0.1, -0.05) is 11.6 Å². The first-order valence-corrected chi connectivity index (χ1v) is 7.96. The van der Waals surface area contributed by atoms with Crippen molar-refractivity contribution in [1.29, 1.82) is 0 Å². The highest BCUT2D eigenvalue weighted by Crippen LogP contribution is 2.24. The minimum Gasteiger partial charge on any atom is -0.477 e. The zero-order valence-corrected chi connectivity index (χ0v) is 13.6. The summed E-state index contributed by atoms with van der Waals surface area (Å²) in [6.07, 6.45) is 1.62. The summed E-state index contributed by atoms with van der Waals surface area (Å²) in [7, 11) is 0. The largest absolute Gasteiger partial charge is 0.477 e. The molecule has 2 aromatic heterocycles. The lowest BCUT2D eigenvalue weighted by Gasteiger charge is -2.21. The first-order valence-electron chi connectivity index (χ1n) is 6.77. The molecule has 6 heteroatoms. The standard InChI is InChI=1S/C15H17ClN2O2S/c1-3-18(10-11-7-8-13(16)21-11)15(19)12-6-5-9-17-14(12)20-4-2/h5-9H,3-4,10H2,1-2H3. The van der Waals surface area contributed by atoms with Crippen molar-refractivity contribution in [2.75, 3.05) is 13.2 Å². The van der Waals surface area contributed by atoms with Gasteiger partial charge in [0.25, 0.3) is 5.91 Å². The number of amides is 1. The Morgan fingerprint density at radius 2 is 2.19 bits per heavy atom. The number of ether oxygens (including phenoxy) is 1. The Hall–Kier alpha value is -1.59. The number of hydrogen-bond acceptors (Lipinski definition) is 4. The number of hydrogen-bond donors (Lipinski definition) is 0. The van der Waals surface area contributed by atoms with Gasteiger partial charge < -0.3 is 9.64 Å². The maximum atomic E-state index is 12.7. The first-order chi connectivity index (χ1) is 10.2. The molecular formula is C15H17ClN2O2S. The smallest absolute Gasteiger partial charge is 0.259 e. The number of rotatable bonds is 6. The lowest BCUT2D eigenvalue weighted by Crippen LogP contribution is -2.30. The molecular weight excluding hydrogens is 308 g/mol. The number of nitrogens with zero attached hydrogens (tertiary/aromatic N) is 2. The van der Waals surface area contributed by atoms with Crippen molar-refractivity contribution in [2.45, 2.75) is 20.4 Å². The number of thiophene rings is 1. The Kier molecular flexibility index (Phi) is 5.59. The fourth-order valence-electron chi connectivity index (χ4n) is 1.93. The van der Waals surface area contributed by atoms with Crippen molar-refractivity contribution < 1.29 is 9.53 Å². The van der Waals surface area contributed by atoms with Gasteiger partial charge in [-0.15, -0.1) is 11.3 Å².